The summed E-state index contributed by atoms with van der Waals surface area (Å²) in [6.07, 6.45) is 2.47. The smallest absolute Gasteiger partial charge is 0.265 e. The monoisotopic (exact) mass is 387 g/mol. The third-order valence-corrected chi connectivity index (χ3v) is 4.94. The highest BCUT2D eigenvalue weighted by Crippen LogP contribution is 2.24. The number of sulfonamides is 1. The van der Waals surface area contributed by atoms with E-state index >= 15 is 0 Å². The van der Waals surface area contributed by atoms with Gasteiger partial charge in [-0.1, -0.05) is 23.7 Å². The van der Waals surface area contributed by atoms with Gasteiger partial charge in [0.1, 0.15) is 4.90 Å². The molecule has 25 heavy (non-hydrogen) atoms. The Morgan fingerprint density at radius 3 is 2.48 bits per heavy atom. The fourth-order valence-corrected chi connectivity index (χ4v) is 3.39. The standard InChI is InChI=1S/C15H9ClF3N3O2S/c16-10-3-1-2-4-12(10)22-8-9(7-20-22)21-25(23,24)13-6-5-11(17)14(18)15(13)19/h1-8,21H. The van der Waals surface area contributed by atoms with Gasteiger partial charge in [0.2, 0.25) is 0 Å². The van der Waals surface area contributed by atoms with Crippen molar-refractivity contribution in [2.75, 3.05) is 4.72 Å². The van der Waals surface area contributed by atoms with E-state index in [0.29, 0.717) is 22.8 Å². The van der Waals surface area contributed by atoms with E-state index in [1.807, 2.05) is 4.72 Å². The molecule has 5 nitrogen and oxygen atoms in total. The van der Waals surface area contributed by atoms with Gasteiger partial charge >= 0.3 is 0 Å². The van der Waals surface area contributed by atoms with E-state index in [9.17, 15) is 21.6 Å². The number of nitrogens with zero attached hydrogens (tertiary/aromatic N) is 2. The van der Waals surface area contributed by atoms with Crippen LogP contribution in [-0.2, 0) is 10.0 Å². The second-order valence-electron chi connectivity index (χ2n) is 4.90. The summed E-state index contributed by atoms with van der Waals surface area (Å²) in [5.41, 5.74) is 0.484. The number of aromatic nitrogens is 2. The summed E-state index contributed by atoms with van der Waals surface area (Å²) in [6.45, 7) is 0. The van der Waals surface area contributed by atoms with Gasteiger partial charge in [-0.25, -0.2) is 26.3 Å². The Bertz CT molecular complexity index is 1050. The van der Waals surface area contributed by atoms with E-state index in [1.54, 1.807) is 24.3 Å². The van der Waals surface area contributed by atoms with Crippen LogP contribution >= 0.6 is 11.6 Å². The van der Waals surface area contributed by atoms with Gasteiger partial charge in [0.25, 0.3) is 10.0 Å². The zero-order chi connectivity index (χ0) is 18.2. The number of anilines is 1. The van der Waals surface area contributed by atoms with Crippen molar-refractivity contribution in [3.05, 3.63) is 71.3 Å². The Morgan fingerprint density at radius 2 is 1.76 bits per heavy atom. The predicted octanol–water partition coefficient (Wildman–Crippen LogP) is 3.74. The van der Waals surface area contributed by atoms with Gasteiger partial charge < -0.3 is 0 Å². The van der Waals surface area contributed by atoms with Crippen molar-refractivity contribution in [1.82, 2.24) is 9.78 Å². The molecule has 3 aromatic rings. The maximum atomic E-state index is 13.7. The van der Waals surface area contributed by atoms with Gasteiger partial charge in [0, 0.05) is 0 Å². The molecule has 0 radical (unpaired) electrons. The molecule has 1 aromatic heterocycles. The molecule has 0 unspecified atom stereocenters. The Labute approximate surface area is 145 Å². The van der Waals surface area contributed by atoms with Crippen molar-refractivity contribution >= 4 is 27.3 Å². The van der Waals surface area contributed by atoms with Crippen LogP contribution in [0.3, 0.4) is 0 Å². The van der Waals surface area contributed by atoms with Crippen LogP contribution in [0.25, 0.3) is 5.69 Å². The van der Waals surface area contributed by atoms with Gasteiger partial charge in [-0.05, 0) is 24.3 Å². The highest BCUT2D eigenvalue weighted by Gasteiger charge is 2.24. The molecule has 0 amide bonds. The van der Waals surface area contributed by atoms with Crippen molar-refractivity contribution in [2.24, 2.45) is 0 Å². The summed E-state index contributed by atoms with van der Waals surface area (Å²) >= 11 is 6.02. The number of para-hydroxylation sites is 1. The van der Waals surface area contributed by atoms with Crippen LogP contribution in [0.15, 0.2) is 53.7 Å². The summed E-state index contributed by atoms with van der Waals surface area (Å²) in [5, 5.41) is 4.34. The lowest BCUT2D eigenvalue weighted by atomic mass is 10.3. The highest BCUT2D eigenvalue weighted by atomic mass is 35.5. The number of rotatable bonds is 4. The number of benzene rings is 2. The first kappa shape index (κ1) is 17.3. The first-order valence-corrected chi connectivity index (χ1v) is 8.61. The minimum Gasteiger partial charge on any atom is -0.276 e. The molecular formula is C15H9ClF3N3O2S. The first-order chi connectivity index (χ1) is 11.8. The molecule has 0 aliphatic heterocycles. The van der Waals surface area contributed by atoms with Gasteiger partial charge in [0.15, 0.2) is 17.5 Å². The van der Waals surface area contributed by atoms with Gasteiger partial charge in [-0.2, -0.15) is 5.10 Å². The fraction of sp³-hybridized carbons (Fsp3) is 0. The SMILES string of the molecule is O=S(=O)(Nc1cnn(-c2ccccc2Cl)c1)c1ccc(F)c(F)c1F. The topological polar surface area (TPSA) is 64.0 Å². The third kappa shape index (κ3) is 3.33. The van der Waals surface area contributed by atoms with E-state index < -0.39 is 32.4 Å². The van der Waals surface area contributed by atoms with Crippen LogP contribution in [0.5, 0.6) is 0 Å². The molecule has 130 valence electrons. The van der Waals surface area contributed by atoms with Gasteiger partial charge in [-0.15, -0.1) is 0 Å². The summed E-state index contributed by atoms with van der Waals surface area (Å²) < 4.78 is 67.7. The van der Waals surface area contributed by atoms with Crippen LogP contribution in [0.1, 0.15) is 0 Å². The largest absolute Gasteiger partial charge is 0.276 e. The molecule has 0 aliphatic carbocycles. The second-order valence-corrected chi connectivity index (χ2v) is 6.96. The quantitative estimate of drug-likeness (QED) is 0.693. The molecule has 1 heterocycles. The van der Waals surface area contributed by atoms with Crippen molar-refractivity contribution in [1.29, 1.82) is 0 Å². The van der Waals surface area contributed by atoms with E-state index in [2.05, 4.69) is 5.10 Å². The molecule has 0 spiro atoms. The zero-order valence-electron chi connectivity index (χ0n) is 12.2. The number of nitrogens with one attached hydrogen (secondary N) is 1. The second kappa shape index (κ2) is 6.41. The average molecular weight is 388 g/mol. The minimum atomic E-state index is -4.48. The maximum absolute atomic E-state index is 13.7. The van der Waals surface area contributed by atoms with E-state index in [0.717, 1.165) is 0 Å². The molecule has 2 aromatic carbocycles. The fourth-order valence-electron chi connectivity index (χ4n) is 2.07. The molecule has 1 N–H and O–H groups in total. The van der Waals surface area contributed by atoms with Crippen LogP contribution in [-0.4, -0.2) is 18.2 Å². The van der Waals surface area contributed by atoms with E-state index in [-0.39, 0.29) is 5.69 Å². The van der Waals surface area contributed by atoms with E-state index in [1.165, 1.54) is 17.1 Å². The summed E-state index contributed by atoms with van der Waals surface area (Å²) in [4.78, 5) is -1.02. The maximum Gasteiger partial charge on any atom is 0.265 e. The van der Waals surface area contributed by atoms with Crippen LogP contribution < -0.4 is 4.72 Å². The molecule has 10 heteroatoms. The first-order valence-electron chi connectivity index (χ1n) is 6.75. The average Bonchev–Trinajstić information content (AvgIpc) is 3.00. The van der Waals surface area contributed by atoms with Gasteiger partial charge in [-0.3, -0.25) is 4.72 Å². The molecule has 0 atom stereocenters. The number of hydrogen-bond donors (Lipinski definition) is 1. The van der Waals surface area contributed by atoms with Crippen LogP contribution in [0, 0.1) is 17.5 Å². The Hall–Kier alpha value is -2.52. The Kier molecular flexibility index (Phi) is 4.44. The molecule has 0 aliphatic rings. The lowest BCUT2D eigenvalue weighted by molar-refractivity contribution is 0.432. The van der Waals surface area contributed by atoms with Gasteiger partial charge in [0.05, 0.1) is 28.8 Å². The lowest BCUT2D eigenvalue weighted by Gasteiger charge is -2.08. The van der Waals surface area contributed by atoms with Crippen LogP contribution in [0.4, 0.5) is 18.9 Å². The Morgan fingerprint density at radius 1 is 1.04 bits per heavy atom. The Balaban J connectivity index is 1.93. The minimum absolute atomic E-state index is 0.0101. The molecule has 0 bridgehead atoms. The van der Waals surface area contributed by atoms with Crippen LogP contribution in [0.2, 0.25) is 5.02 Å². The predicted molar refractivity (Wildman–Crippen MR) is 85.7 cm³/mol. The zero-order valence-corrected chi connectivity index (χ0v) is 13.8. The molecule has 0 saturated carbocycles. The lowest BCUT2D eigenvalue weighted by Crippen LogP contribution is -2.15. The van der Waals surface area contributed by atoms with Crippen molar-refractivity contribution < 1.29 is 21.6 Å². The molecule has 0 fully saturated rings. The summed E-state index contributed by atoms with van der Waals surface area (Å²) in [6, 6.07) is 7.87. The number of halogens is 4. The normalized spacial score (nSPS) is 11.5. The van der Waals surface area contributed by atoms with Crippen molar-refractivity contribution in [3.8, 4) is 5.69 Å². The summed E-state index contributed by atoms with van der Waals surface area (Å²) in [5.74, 6) is -5.15. The summed E-state index contributed by atoms with van der Waals surface area (Å²) in [7, 11) is -4.48. The molecular weight excluding hydrogens is 379 g/mol. The van der Waals surface area contributed by atoms with Crippen molar-refractivity contribution in [2.45, 2.75) is 4.90 Å². The van der Waals surface area contributed by atoms with Crippen molar-refractivity contribution in [3.63, 3.8) is 0 Å². The highest BCUT2D eigenvalue weighted by molar-refractivity contribution is 7.92. The molecule has 0 saturated heterocycles. The number of hydrogen-bond acceptors (Lipinski definition) is 3. The molecule has 3 rings (SSSR count). The van der Waals surface area contributed by atoms with E-state index in [4.69, 9.17) is 11.6 Å². The third-order valence-electron chi connectivity index (χ3n) is 3.22.